The molecule has 1 aliphatic rings. The first kappa shape index (κ1) is 17.4. The summed E-state index contributed by atoms with van der Waals surface area (Å²) < 4.78 is 32.8. The molecule has 6 nitrogen and oxygen atoms in total. The van der Waals surface area contributed by atoms with Crippen molar-refractivity contribution in [3.8, 4) is 5.75 Å². The summed E-state index contributed by atoms with van der Waals surface area (Å²) in [5.41, 5.74) is 0.731. The summed E-state index contributed by atoms with van der Waals surface area (Å²) in [4.78, 5) is 14.1. The summed E-state index contributed by atoms with van der Waals surface area (Å²) in [6, 6.07) is 14.9. The smallest absolute Gasteiger partial charge is 0.240 e. The number of ether oxygens (including phenoxy) is 1. The van der Waals surface area contributed by atoms with Gasteiger partial charge >= 0.3 is 0 Å². The molecule has 25 heavy (non-hydrogen) atoms. The number of amides is 1. The molecule has 132 valence electrons. The zero-order chi connectivity index (χ0) is 17.9. The van der Waals surface area contributed by atoms with Gasteiger partial charge in [-0.25, -0.2) is 13.1 Å². The highest BCUT2D eigenvalue weighted by atomic mass is 32.2. The minimum atomic E-state index is -3.64. The molecular weight excluding hydrogens is 340 g/mol. The molecule has 0 spiro atoms. The van der Waals surface area contributed by atoms with Gasteiger partial charge in [-0.3, -0.25) is 4.79 Å². The molecule has 0 bridgehead atoms. The van der Waals surface area contributed by atoms with Gasteiger partial charge in [0.2, 0.25) is 15.9 Å². The Labute approximate surface area is 147 Å². The molecule has 2 aromatic rings. The van der Waals surface area contributed by atoms with Crippen molar-refractivity contribution < 1.29 is 17.9 Å². The lowest BCUT2D eigenvalue weighted by Gasteiger charge is -2.18. The zero-order valence-electron chi connectivity index (χ0n) is 13.9. The second kappa shape index (κ2) is 7.25. The average Bonchev–Trinajstić information content (AvgIpc) is 2.96. The van der Waals surface area contributed by atoms with E-state index < -0.39 is 16.1 Å². The van der Waals surface area contributed by atoms with Crippen molar-refractivity contribution in [2.45, 2.75) is 24.3 Å². The van der Waals surface area contributed by atoms with Crippen molar-refractivity contribution in [3.63, 3.8) is 0 Å². The van der Waals surface area contributed by atoms with Gasteiger partial charge in [0, 0.05) is 24.7 Å². The molecule has 1 N–H and O–H groups in total. The number of nitrogens with one attached hydrogen (secondary N) is 1. The highest BCUT2D eigenvalue weighted by molar-refractivity contribution is 7.89. The predicted octanol–water partition coefficient (Wildman–Crippen LogP) is 2.17. The Balaban J connectivity index is 1.70. The van der Waals surface area contributed by atoms with Gasteiger partial charge in [-0.2, -0.15) is 0 Å². The van der Waals surface area contributed by atoms with Crippen molar-refractivity contribution in [3.05, 3.63) is 54.6 Å². The quantitative estimate of drug-likeness (QED) is 0.857. The first-order chi connectivity index (χ1) is 12.0. The third-order valence-corrected chi connectivity index (χ3v) is 5.50. The summed E-state index contributed by atoms with van der Waals surface area (Å²) in [7, 11) is -3.64. The van der Waals surface area contributed by atoms with Crippen molar-refractivity contribution in [1.29, 1.82) is 0 Å². The van der Waals surface area contributed by atoms with Crippen LogP contribution < -0.4 is 14.4 Å². The van der Waals surface area contributed by atoms with Gasteiger partial charge in [-0.15, -0.1) is 0 Å². The molecular formula is C18H20N2O4S. The number of sulfonamides is 1. The molecule has 1 fully saturated rings. The SMILES string of the molecule is CCOc1ccc(N2CC(NS(=O)(=O)c3ccccc3)CC2=O)cc1. The van der Waals surface area contributed by atoms with E-state index in [2.05, 4.69) is 4.72 Å². The normalized spacial score (nSPS) is 17.7. The molecule has 1 aliphatic heterocycles. The van der Waals surface area contributed by atoms with E-state index in [0.717, 1.165) is 11.4 Å². The second-order valence-corrected chi connectivity index (χ2v) is 7.48. The number of hydrogen-bond donors (Lipinski definition) is 1. The molecule has 0 saturated carbocycles. The van der Waals surface area contributed by atoms with Crippen LogP contribution in [0.4, 0.5) is 5.69 Å². The molecule has 1 amide bonds. The van der Waals surface area contributed by atoms with E-state index in [1.54, 1.807) is 47.4 Å². The van der Waals surface area contributed by atoms with E-state index in [-0.39, 0.29) is 17.2 Å². The Hall–Kier alpha value is -2.38. The second-order valence-electron chi connectivity index (χ2n) is 5.77. The van der Waals surface area contributed by atoms with Crippen LogP contribution in [0.3, 0.4) is 0 Å². The highest BCUT2D eigenvalue weighted by Crippen LogP contribution is 2.25. The standard InChI is InChI=1S/C18H20N2O4S/c1-2-24-16-10-8-15(9-11-16)20-13-14(12-18(20)21)19-25(22,23)17-6-4-3-5-7-17/h3-11,14,19H,2,12-13H2,1H3. The van der Waals surface area contributed by atoms with Crippen LogP contribution in [0.2, 0.25) is 0 Å². The number of carbonyl (C=O) groups is 1. The first-order valence-electron chi connectivity index (χ1n) is 8.10. The number of rotatable bonds is 6. The van der Waals surface area contributed by atoms with Gasteiger partial charge in [-0.1, -0.05) is 18.2 Å². The number of carbonyl (C=O) groups excluding carboxylic acids is 1. The Morgan fingerprint density at radius 1 is 1.12 bits per heavy atom. The number of nitrogens with zero attached hydrogens (tertiary/aromatic N) is 1. The van der Waals surface area contributed by atoms with Crippen molar-refractivity contribution in [1.82, 2.24) is 4.72 Å². The molecule has 1 atom stereocenters. The summed E-state index contributed by atoms with van der Waals surface area (Å²) in [6.07, 6.45) is 0.138. The lowest BCUT2D eigenvalue weighted by atomic mass is 10.3. The van der Waals surface area contributed by atoms with Crippen LogP contribution in [-0.2, 0) is 14.8 Å². The lowest BCUT2D eigenvalue weighted by Crippen LogP contribution is -2.37. The minimum Gasteiger partial charge on any atom is -0.494 e. The molecule has 0 aromatic heterocycles. The topological polar surface area (TPSA) is 75.7 Å². The van der Waals surface area contributed by atoms with E-state index in [1.807, 2.05) is 6.92 Å². The maximum Gasteiger partial charge on any atom is 0.240 e. The maximum atomic E-state index is 12.4. The summed E-state index contributed by atoms with van der Waals surface area (Å²) in [6.45, 7) is 2.78. The lowest BCUT2D eigenvalue weighted by molar-refractivity contribution is -0.117. The maximum absolute atomic E-state index is 12.4. The fraction of sp³-hybridized carbons (Fsp3) is 0.278. The van der Waals surface area contributed by atoms with Crippen LogP contribution in [0, 0.1) is 0 Å². The van der Waals surface area contributed by atoms with Crippen LogP contribution in [0.5, 0.6) is 5.75 Å². The van der Waals surface area contributed by atoms with E-state index >= 15 is 0 Å². The molecule has 0 radical (unpaired) electrons. The van der Waals surface area contributed by atoms with Crippen LogP contribution in [-0.4, -0.2) is 33.5 Å². The summed E-state index contributed by atoms with van der Waals surface area (Å²) in [5, 5.41) is 0. The third-order valence-electron chi connectivity index (χ3n) is 3.96. The Morgan fingerprint density at radius 3 is 2.44 bits per heavy atom. The van der Waals surface area contributed by atoms with Crippen LogP contribution in [0.15, 0.2) is 59.5 Å². The van der Waals surface area contributed by atoms with E-state index in [0.29, 0.717) is 13.2 Å². The van der Waals surface area contributed by atoms with E-state index in [9.17, 15) is 13.2 Å². The molecule has 1 unspecified atom stereocenters. The van der Waals surface area contributed by atoms with Gasteiger partial charge < -0.3 is 9.64 Å². The Kier molecular flexibility index (Phi) is 5.06. The molecule has 7 heteroatoms. The third kappa shape index (κ3) is 4.00. The number of anilines is 1. The molecule has 2 aromatic carbocycles. The van der Waals surface area contributed by atoms with Gasteiger partial charge in [0.1, 0.15) is 5.75 Å². The van der Waals surface area contributed by atoms with Crippen LogP contribution in [0.1, 0.15) is 13.3 Å². The largest absolute Gasteiger partial charge is 0.494 e. The average molecular weight is 360 g/mol. The van der Waals surface area contributed by atoms with Crippen molar-refractivity contribution in [2.24, 2.45) is 0 Å². The monoisotopic (exact) mass is 360 g/mol. The number of benzene rings is 2. The fourth-order valence-electron chi connectivity index (χ4n) is 2.81. The van der Waals surface area contributed by atoms with Gasteiger partial charge in [0.05, 0.1) is 11.5 Å². The van der Waals surface area contributed by atoms with Gasteiger partial charge in [-0.05, 0) is 43.3 Å². The molecule has 3 rings (SSSR count). The van der Waals surface area contributed by atoms with Crippen molar-refractivity contribution in [2.75, 3.05) is 18.1 Å². The van der Waals surface area contributed by atoms with Crippen LogP contribution >= 0.6 is 0 Å². The highest BCUT2D eigenvalue weighted by Gasteiger charge is 2.33. The number of hydrogen-bond acceptors (Lipinski definition) is 4. The fourth-order valence-corrected chi connectivity index (χ4v) is 4.06. The van der Waals surface area contributed by atoms with Gasteiger partial charge in [0.15, 0.2) is 0 Å². The summed E-state index contributed by atoms with van der Waals surface area (Å²) >= 11 is 0. The molecule has 0 aliphatic carbocycles. The van der Waals surface area contributed by atoms with Crippen molar-refractivity contribution >= 4 is 21.6 Å². The Bertz CT molecular complexity index is 835. The van der Waals surface area contributed by atoms with E-state index in [4.69, 9.17) is 4.74 Å². The van der Waals surface area contributed by atoms with E-state index in [1.165, 1.54) is 12.1 Å². The minimum absolute atomic E-state index is 0.107. The van der Waals surface area contributed by atoms with Crippen LogP contribution in [0.25, 0.3) is 0 Å². The zero-order valence-corrected chi connectivity index (χ0v) is 14.7. The molecule has 1 saturated heterocycles. The summed E-state index contributed by atoms with van der Waals surface area (Å²) in [5.74, 6) is 0.629. The van der Waals surface area contributed by atoms with Gasteiger partial charge in [0.25, 0.3) is 0 Å². The Morgan fingerprint density at radius 2 is 1.80 bits per heavy atom. The molecule has 1 heterocycles. The predicted molar refractivity (Wildman–Crippen MR) is 95.1 cm³/mol. The first-order valence-corrected chi connectivity index (χ1v) is 9.58.